The van der Waals surface area contributed by atoms with Crippen molar-refractivity contribution in [1.82, 2.24) is 4.90 Å². The number of halogens is 3. The number of amides is 1. The highest BCUT2D eigenvalue weighted by Gasteiger charge is 2.28. The van der Waals surface area contributed by atoms with Crippen molar-refractivity contribution in [1.29, 1.82) is 0 Å². The van der Waals surface area contributed by atoms with Gasteiger partial charge in [-0.3, -0.25) is 0 Å². The maximum Gasteiger partial charge on any atom is 0.410 e. The Labute approximate surface area is 149 Å². The van der Waals surface area contributed by atoms with Crippen LogP contribution in [-0.2, 0) is 4.74 Å². The first-order valence-electron chi connectivity index (χ1n) is 7.96. The molecule has 1 aromatic rings. The van der Waals surface area contributed by atoms with Crippen molar-refractivity contribution in [3.8, 4) is 0 Å². The van der Waals surface area contributed by atoms with E-state index in [0.29, 0.717) is 30.4 Å². The van der Waals surface area contributed by atoms with Crippen molar-refractivity contribution in [2.75, 3.05) is 13.1 Å². The molecule has 0 saturated carbocycles. The number of allylic oxidation sites excluding steroid dienone is 1. The summed E-state index contributed by atoms with van der Waals surface area (Å²) in [5.74, 6) is -1.13. The highest BCUT2D eigenvalue weighted by atomic mass is 79.9. The summed E-state index contributed by atoms with van der Waals surface area (Å²) in [6.45, 7) is 6.30. The molecule has 1 heterocycles. The first-order chi connectivity index (χ1) is 11.2. The highest BCUT2D eigenvalue weighted by molar-refractivity contribution is 9.10. The lowest BCUT2D eigenvalue weighted by molar-refractivity contribution is 0.0189. The van der Waals surface area contributed by atoms with Crippen LogP contribution in [0.3, 0.4) is 0 Å². The zero-order chi connectivity index (χ0) is 17.9. The number of hydrogen-bond donors (Lipinski definition) is 0. The van der Waals surface area contributed by atoms with E-state index >= 15 is 0 Å². The summed E-state index contributed by atoms with van der Waals surface area (Å²) in [5, 5.41) is 0. The number of rotatable bonds is 2. The van der Waals surface area contributed by atoms with Crippen molar-refractivity contribution >= 4 is 28.1 Å². The van der Waals surface area contributed by atoms with Gasteiger partial charge in [0.2, 0.25) is 0 Å². The van der Waals surface area contributed by atoms with Gasteiger partial charge >= 0.3 is 6.09 Å². The van der Waals surface area contributed by atoms with Crippen molar-refractivity contribution < 1.29 is 18.3 Å². The minimum atomic E-state index is -0.544. The van der Waals surface area contributed by atoms with Gasteiger partial charge in [0.1, 0.15) is 17.2 Å². The average molecular weight is 402 g/mol. The molecule has 132 valence electrons. The van der Waals surface area contributed by atoms with Crippen LogP contribution in [0.15, 0.2) is 28.5 Å². The zero-order valence-electron chi connectivity index (χ0n) is 14.1. The van der Waals surface area contributed by atoms with Gasteiger partial charge in [0, 0.05) is 24.6 Å². The zero-order valence-corrected chi connectivity index (χ0v) is 15.7. The van der Waals surface area contributed by atoms with Crippen LogP contribution in [-0.4, -0.2) is 29.7 Å². The third-order valence-corrected chi connectivity index (χ3v) is 4.42. The fourth-order valence-corrected chi connectivity index (χ4v) is 2.94. The number of benzene rings is 1. The summed E-state index contributed by atoms with van der Waals surface area (Å²) >= 11 is 3.09. The maximum absolute atomic E-state index is 14.4. The molecule has 1 saturated heterocycles. The lowest BCUT2D eigenvalue weighted by Crippen LogP contribution is -2.41. The highest BCUT2D eigenvalue weighted by Crippen LogP contribution is 2.29. The monoisotopic (exact) mass is 401 g/mol. The van der Waals surface area contributed by atoms with Crippen molar-refractivity contribution in [3.05, 3.63) is 39.9 Å². The summed E-state index contributed by atoms with van der Waals surface area (Å²) in [4.78, 5) is 13.6. The fraction of sp³-hybridized carbons (Fsp3) is 0.500. The first-order valence-corrected chi connectivity index (χ1v) is 8.75. The van der Waals surface area contributed by atoms with E-state index in [2.05, 4.69) is 15.9 Å². The van der Waals surface area contributed by atoms with Crippen LogP contribution < -0.4 is 0 Å². The molecule has 1 aliphatic rings. The van der Waals surface area contributed by atoms with Gasteiger partial charge in [-0.1, -0.05) is 12.1 Å². The molecule has 0 atom stereocenters. The molecule has 1 amide bonds. The largest absolute Gasteiger partial charge is 0.444 e. The number of likely N-dealkylation sites (tertiary alicyclic amines) is 1. The van der Waals surface area contributed by atoms with Crippen LogP contribution in [0.25, 0.3) is 6.08 Å². The van der Waals surface area contributed by atoms with Gasteiger partial charge in [-0.25, -0.2) is 13.6 Å². The Morgan fingerprint density at radius 3 is 2.54 bits per heavy atom. The number of carbonyl (C=O) groups is 1. The predicted octanol–water partition coefficient (Wildman–Crippen LogP) is 5.55. The number of hydrogen-bond acceptors (Lipinski definition) is 2. The van der Waals surface area contributed by atoms with Gasteiger partial charge in [0.15, 0.2) is 0 Å². The van der Waals surface area contributed by atoms with Gasteiger partial charge in [-0.2, -0.15) is 0 Å². The van der Waals surface area contributed by atoms with Crippen molar-refractivity contribution in [2.45, 2.75) is 39.2 Å². The second-order valence-corrected chi connectivity index (χ2v) is 7.77. The molecular formula is C18H22BrF2NO2. The summed E-state index contributed by atoms with van der Waals surface area (Å²) in [6.07, 6.45) is 1.87. The molecule has 24 heavy (non-hydrogen) atoms. The lowest BCUT2D eigenvalue weighted by atomic mass is 9.94. The van der Waals surface area contributed by atoms with Crippen molar-refractivity contribution in [3.63, 3.8) is 0 Å². The SMILES string of the molecule is CC(C)(C)OC(=O)N1CCC(/C(F)=C/c2cccc(Br)c2F)CC1. The molecule has 1 fully saturated rings. The predicted molar refractivity (Wildman–Crippen MR) is 93.7 cm³/mol. The molecule has 0 radical (unpaired) electrons. The second kappa shape index (κ2) is 7.64. The van der Waals surface area contributed by atoms with E-state index in [4.69, 9.17) is 4.74 Å². The van der Waals surface area contributed by atoms with Crippen LogP contribution in [0.5, 0.6) is 0 Å². The molecule has 0 spiro atoms. The third kappa shape index (κ3) is 5.03. The van der Waals surface area contributed by atoms with E-state index < -0.39 is 11.4 Å². The number of piperidine rings is 1. The Balaban J connectivity index is 1.98. The third-order valence-electron chi connectivity index (χ3n) is 3.81. The van der Waals surface area contributed by atoms with Crippen LogP contribution in [0.1, 0.15) is 39.2 Å². The standard InChI is InChI=1S/C18H22BrF2NO2/c1-18(2,3)24-17(23)22-9-7-12(8-10-22)15(20)11-13-5-4-6-14(19)16(13)21/h4-6,11-12H,7-10H2,1-3H3/b15-11-. The van der Waals surface area contributed by atoms with E-state index in [1.807, 2.05) is 20.8 Å². The molecular weight excluding hydrogens is 380 g/mol. The van der Waals surface area contributed by atoms with Gasteiger partial charge in [-0.15, -0.1) is 0 Å². The Bertz CT molecular complexity index is 632. The molecule has 2 rings (SSSR count). The molecule has 0 aliphatic carbocycles. The minimum absolute atomic E-state index is 0.219. The van der Waals surface area contributed by atoms with Crippen LogP contribution >= 0.6 is 15.9 Å². The lowest BCUT2D eigenvalue weighted by Gasteiger charge is -2.33. The number of carbonyl (C=O) groups excluding carboxylic acids is 1. The van der Waals surface area contributed by atoms with Gasteiger partial charge in [0.25, 0.3) is 0 Å². The molecule has 6 heteroatoms. The van der Waals surface area contributed by atoms with Crippen LogP contribution in [0.4, 0.5) is 13.6 Å². The molecule has 3 nitrogen and oxygen atoms in total. The normalized spacial score (nSPS) is 17.1. The summed E-state index contributed by atoms with van der Waals surface area (Å²) in [7, 11) is 0. The van der Waals surface area contributed by atoms with Gasteiger partial charge in [0.05, 0.1) is 4.47 Å². The van der Waals surface area contributed by atoms with Gasteiger partial charge in [-0.05, 0) is 61.7 Å². The Kier molecular flexibility index (Phi) is 6.01. The smallest absolute Gasteiger partial charge is 0.410 e. The number of ether oxygens (including phenoxy) is 1. The van der Waals surface area contributed by atoms with Gasteiger partial charge < -0.3 is 9.64 Å². The van der Waals surface area contributed by atoms with E-state index in [0.717, 1.165) is 0 Å². The maximum atomic E-state index is 14.4. The van der Waals surface area contributed by atoms with Crippen LogP contribution in [0.2, 0.25) is 0 Å². The second-order valence-electron chi connectivity index (χ2n) is 6.91. The number of nitrogens with zero attached hydrogens (tertiary/aromatic N) is 1. The molecule has 0 unspecified atom stereocenters. The topological polar surface area (TPSA) is 29.5 Å². The minimum Gasteiger partial charge on any atom is -0.444 e. The Hall–Kier alpha value is -1.43. The van der Waals surface area contributed by atoms with Crippen molar-refractivity contribution in [2.24, 2.45) is 5.92 Å². The van der Waals surface area contributed by atoms with Crippen LogP contribution in [0, 0.1) is 11.7 Å². The molecule has 0 N–H and O–H groups in total. The van der Waals surface area contributed by atoms with E-state index in [1.54, 1.807) is 17.0 Å². The molecule has 1 aliphatic heterocycles. The van der Waals surface area contributed by atoms with E-state index in [-0.39, 0.29) is 23.4 Å². The molecule has 0 bridgehead atoms. The Morgan fingerprint density at radius 1 is 1.33 bits per heavy atom. The fourth-order valence-electron chi connectivity index (χ4n) is 2.56. The molecule has 0 aromatic heterocycles. The van der Waals surface area contributed by atoms with E-state index in [1.165, 1.54) is 12.1 Å². The summed E-state index contributed by atoms with van der Waals surface area (Å²) in [5.41, 5.74) is -0.325. The van der Waals surface area contributed by atoms with E-state index in [9.17, 15) is 13.6 Å². The summed E-state index contributed by atoms with van der Waals surface area (Å²) < 4.78 is 34.0. The summed E-state index contributed by atoms with van der Waals surface area (Å²) in [6, 6.07) is 4.77. The average Bonchev–Trinajstić information content (AvgIpc) is 2.50. The quantitative estimate of drug-likeness (QED) is 0.650. The molecule has 1 aromatic carbocycles. The Morgan fingerprint density at radius 2 is 1.96 bits per heavy atom. The first kappa shape index (κ1) is 18.9.